The van der Waals surface area contributed by atoms with E-state index in [4.69, 9.17) is 9.84 Å². The van der Waals surface area contributed by atoms with Gasteiger partial charge in [-0.3, -0.25) is 14.9 Å². The second-order valence-electron chi connectivity index (χ2n) is 8.34. The Bertz CT molecular complexity index is 840. The first-order chi connectivity index (χ1) is 15.3. The minimum Gasteiger partial charge on any atom is -0.465 e. The second-order valence-corrected chi connectivity index (χ2v) is 8.34. The fraction of sp³-hybridized carbons (Fsp3) is 0.545. The van der Waals surface area contributed by atoms with E-state index in [0.717, 1.165) is 18.4 Å². The minimum absolute atomic E-state index is 0.0378. The summed E-state index contributed by atoms with van der Waals surface area (Å²) in [6.45, 7) is 1.70. The highest BCUT2D eigenvalue weighted by Crippen LogP contribution is 2.33. The third-order valence-electron chi connectivity index (χ3n) is 6.10. The minimum atomic E-state index is -1.58. The molecule has 2 aliphatic rings. The molecule has 1 heterocycles. The molecular formula is C22H30N4O6. The molecule has 1 aliphatic heterocycles. The van der Waals surface area contributed by atoms with Crippen LogP contribution in [0.4, 0.5) is 9.59 Å². The van der Waals surface area contributed by atoms with Gasteiger partial charge in [0.25, 0.3) is 5.91 Å². The van der Waals surface area contributed by atoms with Crippen LogP contribution in [-0.4, -0.2) is 46.9 Å². The van der Waals surface area contributed by atoms with Gasteiger partial charge in [-0.2, -0.15) is 0 Å². The molecule has 2 unspecified atom stereocenters. The van der Waals surface area contributed by atoms with E-state index in [2.05, 4.69) is 21.3 Å². The molecule has 0 bridgehead atoms. The fourth-order valence-electron chi connectivity index (χ4n) is 4.40. The number of carbonyl (C=O) groups excluding carboxylic acids is 3. The van der Waals surface area contributed by atoms with Crippen LogP contribution in [0.2, 0.25) is 0 Å². The number of ether oxygens (including phenoxy) is 1. The van der Waals surface area contributed by atoms with E-state index in [9.17, 15) is 19.2 Å². The van der Waals surface area contributed by atoms with Crippen molar-refractivity contribution < 1.29 is 29.0 Å². The smallest absolute Gasteiger partial charge is 0.409 e. The maximum absolute atomic E-state index is 12.9. The van der Waals surface area contributed by atoms with Crippen molar-refractivity contribution in [2.45, 2.75) is 69.8 Å². The Balaban J connectivity index is 1.63. The van der Waals surface area contributed by atoms with E-state index in [1.54, 1.807) is 6.92 Å². The van der Waals surface area contributed by atoms with Crippen molar-refractivity contribution in [2.24, 2.45) is 5.92 Å². The lowest BCUT2D eigenvalue weighted by Crippen LogP contribution is -2.64. The van der Waals surface area contributed by atoms with Crippen LogP contribution in [-0.2, 0) is 20.9 Å². The Kier molecular flexibility index (Phi) is 7.55. The van der Waals surface area contributed by atoms with E-state index < -0.39 is 23.8 Å². The van der Waals surface area contributed by atoms with Crippen LogP contribution in [0.15, 0.2) is 30.3 Å². The standard InChI is InChI=1S/C22H30N4O6/c1-2-18(27)25-22(26-21(31)32-13-14-6-4-3-5-7-14)12-17(24-19(22)28)15-8-10-16(11-9-15)23-20(29)30/h3-7,15-17,23H,2,8-13H2,1H3,(H,24,28)(H,25,27)(H,26,31)(H,29,30). The maximum Gasteiger partial charge on any atom is 0.409 e. The molecule has 0 aromatic heterocycles. The Labute approximate surface area is 186 Å². The summed E-state index contributed by atoms with van der Waals surface area (Å²) in [4.78, 5) is 48.4. The summed E-state index contributed by atoms with van der Waals surface area (Å²) in [6.07, 6.45) is 1.32. The van der Waals surface area contributed by atoms with Gasteiger partial charge in [-0.15, -0.1) is 0 Å². The first kappa shape index (κ1) is 23.4. The number of amides is 4. The molecule has 174 valence electrons. The predicted molar refractivity (Wildman–Crippen MR) is 114 cm³/mol. The van der Waals surface area contributed by atoms with Crippen LogP contribution in [0.1, 0.15) is 51.0 Å². The Morgan fingerprint density at radius 1 is 1.12 bits per heavy atom. The van der Waals surface area contributed by atoms with Gasteiger partial charge in [-0.25, -0.2) is 9.59 Å². The van der Waals surface area contributed by atoms with Crippen molar-refractivity contribution in [1.82, 2.24) is 21.3 Å². The largest absolute Gasteiger partial charge is 0.465 e. The van der Waals surface area contributed by atoms with Crippen LogP contribution >= 0.6 is 0 Å². The molecule has 3 rings (SSSR count). The van der Waals surface area contributed by atoms with Gasteiger partial charge < -0.3 is 25.8 Å². The SMILES string of the molecule is CCC(=O)NC1(NC(=O)OCc2ccccc2)CC(C2CCC(NC(=O)O)CC2)NC1=O. The summed E-state index contributed by atoms with van der Waals surface area (Å²) in [7, 11) is 0. The lowest BCUT2D eigenvalue weighted by molar-refractivity contribution is -0.132. The van der Waals surface area contributed by atoms with Crippen molar-refractivity contribution in [3.63, 3.8) is 0 Å². The van der Waals surface area contributed by atoms with Gasteiger partial charge in [-0.1, -0.05) is 37.3 Å². The van der Waals surface area contributed by atoms with Gasteiger partial charge >= 0.3 is 12.2 Å². The molecule has 5 N–H and O–H groups in total. The molecule has 1 aromatic rings. The van der Waals surface area contributed by atoms with Crippen LogP contribution in [0, 0.1) is 5.92 Å². The normalized spacial score (nSPS) is 27.2. The van der Waals surface area contributed by atoms with Crippen molar-refractivity contribution in [3.05, 3.63) is 35.9 Å². The van der Waals surface area contributed by atoms with Gasteiger partial charge in [0.05, 0.1) is 0 Å². The molecule has 32 heavy (non-hydrogen) atoms. The van der Waals surface area contributed by atoms with Crippen molar-refractivity contribution in [2.75, 3.05) is 0 Å². The number of alkyl carbamates (subject to hydrolysis) is 1. The summed E-state index contributed by atoms with van der Waals surface area (Å²) < 4.78 is 5.27. The highest BCUT2D eigenvalue weighted by atomic mass is 16.5. The van der Waals surface area contributed by atoms with Gasteiger partial charge in [-0.05, 0) is 37.2 Å². The molecule has 0 spiro atoms. The lowest BCUT2D eigenvalue weighted by Gasteiger charge is -2.33. The Hall–Kier alpha value is -3.30. The molecule has 2 fully saturated rings. The summed E-state index contributed by atoms with van der Waals surface area (Å²) >= 11 is 0. The highest BCUT2D eigenvalue weighted by Gasteiger charge is 2.51. The molecular weight excluding hydrogens is 416 g/mol. The number of carbonyl (C=O) groups is 4. The quantitative estimate of drug-likeness (QED) is 0.404. The number of nitrogens with one attached hydrogen (secondary N) is 4. The molecule has 0 radical (unpaired) electrons. The van der Waals surface area contributed by atoms with E-state index in [-0.39, 0.29) is 43.4 Å². The number of hydrogen-bond acceptors (Lipinski definition) is 5. The first-order valence-electron chi connectivity index (χ1n) is 10.9. The number of carboxylic acid groups (broad SMARTS) is 1. The summed E-state index contributed by atoms with van der Waals surface area (Å²) in [6, 6.07) is 8.79. The lowest BCUT2D eigenvalue weighted by atomic mass is 9.80. The molecule has 10 heteroatoms. The molecule has 1 aromatic carbocycles. The summed E-state index contributed by atoms with van der Waals surface area (Å²) in [5, 5.41) is 19.6. The zero-order valence-corrected chi connectivity index (χ0v) is 18.1. The van der Waals surface area contributed by atoms with Gasteiger partial charge in [0.2, 0.25) is 5.91 Å². The topological polar surface area (TPSA) is 146 Å². The van der Waals surface area contributed by atoms with E-state index >= 15 is 0 Å². The molecule has 1 aliphatic carbocycles. The molecule has 10 nitrogen and oxygen atoms in total. The van der Waals surface area contributed by atoms with Crippen molar-refractivity contribution in [1.29, 1.82) is 0 Å². The van der Waals surface area contributed by atoms with Crippen LogP contribution < -0.4 is 21.3 Å². The summed E-state index contributed by atoms with van der Waals surface area (Å²) in [5.41, 5.74) is -0.781. The van der Waals surface area contributed by atoms with Crippen LogP contribution in [0.5, 0.6) is 0 Å². The van der Waals surface area contributed by atoms with Crippen LogP contribution in [0.25, 0.3) is 0 Å². The highest BCUT2D eigenvalue weighted by molar-refractivity contribution is 5.95. The average Bonchev–Trinajstić information content (AvgIpc) is 3.08. The average molecular weight is 447 g/mol. The van der Waals surface area contributed by atoms with Crippen molar-refractivity contribution in [3.8, 4) is 0 Å². The number of benzene rings is 1. The Morgan fingerprint density at radius 3 is 2.44 bits per heavy atom. The summed E-state index contributed by atoms with van der Waals surface area (Å²) in [5.74, 6) is -0.724. The predicted octanol–water partition coefficient (Wildman–Crippen LogP) is 1.85. The van der Waals surface area contributed by atoms with E-state index in [1.807, 2.05) is 30.3 Å². The fourth-order valence-corrected chi connectivity index (χ4v) is 4.40. The molecule has 2 atom stereocenters. The zero-order chi connectivity index (χ0) is 23.1. The molecule has 4 amide bonds. The third kappa shape index (κ3) is 5.89. The second kappa shape index (κ2) is 10.3. The van der Waals surface area contributed by atoms with Gasteiger partial charge in [0.1, 0.15) is 6.61 Å². The van der Waals surface area contributed by atoms with Gasteiger partial charge in [0.15, 0.2) is 5.66 Å². The van der Waals surface area contributed by atoms with Crippen LogP contribution in [0.3, 0.4) is 0 Å². The monoisotopic (exact) mass is 446 g/mol. The van der Waals surface area contributed by atoms with Crippen molar-refractivity contribution >= 4 is 24.0 Å². The van der Waals surface area contributed by atoms with E-state index in [1.165, 1.54) is 0 Å². The van der Waals surface area contributed by atoms with Gasteiger partial charge in [0, 0.05) is 24.9 Å². The molecule has 1 saturated carbocycles. The number of hydrogen-bond donors (Lipinski definition) is 5. The Morgan fingerprint density at radius 2 is 1.81 bits per heavy atom. The third-order valence-corrected chi connectivity index (χ3v) is 6.10. The first-order valence-corrected chi connectivity index (χ1v) is 10.9. The molecule has 1 saturated heterocycles. The maximum atomic E-state index is 12.9. The zero-order valence-electron chi connectivity index (χ0n) is 18.1. The number of rotatable bonds is 7. The van der Waals surface area contributed by atoms with E-state index in [0.29, 0.717) is 12.8 Å².